The molecule has 3 rings (SSSR count). The van der Waals surface area contributed by atoms with Crippen molar-refractivity contribution in [3.05, 3.63) is 53.6 Å². The average Bonchev–Trinajstić information content (AvgIpc) is 2.67. The van der Waals surface area contributed by atoms with Gasteiger partial charge in [0.05, 0.1) is 6.04 Å². The van der Waals surface area contributed by atoms with E-state index in [0.717, 1.165) is 16.8 Å². The van der Waals surface area contributed by atoms with Gasteiger partial charge in [0.1, 0.15) is 22.9 Å². The summed E-state index contributed by atoms with van der Waals surface area (Å²) in [5.74, 6) is 1.11. The molecule has 166 valence electrons. The summed E-state index contributed by atoms with van der Waals surface area (Å²) in [5.41, 5.74) is 9.15. The van der Waals surface area contributed by atoms with Gasteiger partial charge < -0.3 is 25.4 Å². The van der Waals surface area contributed by atoms with Crippen molar-refractivity contribution < 1.29 is 14.3 Å². The predicted octanol–water partition coefficient (Wildman–Crippen LogP) is 4.33. The van der Waals surface area contributed by atoms with E-state index < -0.39 is 11.7 Å². The number of nitrogens with two attached hydrogens (primary N) is 1. The van der Waals surface area contributed by atoms with Gasteiger partial charge in [0.2, 0.25) is 0 Å². The summed E-state index contributed by atoms with van der Waals surface area (Å²) >= 11 is 0. The van der Waals surface area contributed by atoms with Gasteiger partial charge in [0, 0.05) is 19.8 Å². The van der Waals surface area contributed by atoms with Crippen LogP contribution in [0.2, 0.25) is 0 Å². The third-order valence-electron chi connectivity index (χ3n) is 4.94. The number of hydrogen-bond acceptors (Lipinski definition) is 6. The Labute approximate surface area is 184 Å². The quantitative estimate of drug-likeness (QED) is 0.746. The molecule has 7 nitrogen and oxygen atoms in total. The number of nitrogens with one attached hydrogen (secondary N) is 1. The van der Waals surface area contributed by atoms with Gasteiger partial charge in [-0.25, -0.2) is 9.79 Å². The first-order valence-corrected chi connectivity index (χ1v) is 10.4. The zero-order valence-corrected chi connectivity index (χ0v) is 19.1. The van der Waals surface area contributed by atoms with E-state index in [0.29, 0.717) is 23.7 Å². The highest BCUT2D eigenvalue weighted by Crippen LogP contribution is 2.35. The summed E-state index contributed by atoms with van der Waals surface area (Å²) in [5, 5.41) is 3.01. The highest BCUT2D eigenvalue weighted by molar-refractivity contribution is 5.89. The maximum absolute atomic E-state index is 12.5. The fraction of sp³-hybridized carbons (Fsp3) is 0.417. The lowest BCUT2D eigenvalue weighted by Crippen LogP contribution is -2.36. The summed E-state index contributed by atoms with van der Waals surface area (Å²) in [6.07, 6.45) is -0.125. The number of benzene rings is 2. The first-order chi connectivity index (χ1) is 14.5. The molecule has 0 radical (unpaired) electrons. The van der Waals surface area contributed by atoms with Crippen molar-refractivity contribution in [2.75, 3.05) is 19.0 Å². The number of ether oxygens (including phenoxy) is 2. The highest BCUT2D eigenvalue weighted by Gasteiger charge is 2.24. The normalized spacial score (nSPS) is 16.5. The van der Waals surface area contributed by atoms with E-state index in [9.17, 15) is 4.79 Å². The molecule has 1 heterocycles. The van der Waals surface area contributed by atoms with Crippen molar-refractivity contribution >= 4 is 23.3 Å². The van der Waals surface area contributed by atoms with Crippen LogP contribution in [0.25, 0.3) is 0 Å². The van der Waals surface area contributed by atoms with Crippen LogP contribution in [0, 0.1) is 0 Å². The summed E-state index contributed by atoms with van der Waals surface area (Å²) in [6, 6.07) is 13.7. The summed E-state index contributed by atoms with van der Waals surface area (Å²) in [7, 11) is 4.01. The number of fused-ring (bicyclic) bond motifs is 1. The number of amides is 1. The number of carbonyl (C=O) groups is 1. The van der Waals surface area contributed by atoms with Crippen LogP contribution < -0.4 is 20.7 Å². The molecule has 1 amide bonds. The van der Waals surface area contributed by atoms with Crippen LogP contribution >= 0.6 is 0 Å². The molecular weight excluding hydrogens is 392 g/mol. The van der Waals surface area contributed by atoms with Gasteiger partial charge in [-0.2, -0.15) is 0 Å². The third-order valence-corrected chi connectivity index (χ3v) is 4.94. The third kappa shape index (κ3) is 5.90. The van der Waals surface area contributed by atoms with Crippen LogP contribution in [0.3, 0.4) is 0 Å². The van der Waals surface area contributed by atoms with E-state index in [1.807, 2.05) is 64.9 Å². The van der Waals surface area contributed by atoms with Gasteiger partial charge in [0.15, 0.2) is 6.10 Å². The van der Waals surface area contributed by atoms with Crippen molar-refractivity contribution in [2.24, 2.45) is 10.7 Å². The Morgan fingerprint density at radius 1 is 1.23 bits per heavy atom. The number of amidine groups is 1. The largest absolute Gasteiger partial charge is 0.481 e. The standard InChI is InChI=1S/C24H32N4O3/c1-15-22(25)26-20-14-17(9-12-21(20)30-15)19(27-23(29)31-24(2,3)4)13-16-7-10-18(11-8-16)28(5)6/h7-12,14-15,19H,13H2,1-6H3,(H2,25,26)(H,27,29). The summed E-state index contributed by atoms with van der Waals surface area (Å²) in [6.45, 7) is 7.39. The van der Waals surface area contributed by atoms with Gasteiger partial charge >= 0.3 is 6.09 Å². The molecule has 0 saturated carbocycles. The molecule has 0 aliphatic carbocycles. The molecule has 0 bridgehead atoms. The molecule has 0 spiro atoms. The van der Waals surface area contributed by atoms with E-state index in [2.05, 4.69) is 34.6 Å². The lowest BCUT2D eigenvalue weighted by atomic mass is 9.97. The molecular formula is C24H32N4O3. The minimum absolute atomic E-state index is 0.260. The maximum atomic E-state index is 12.5. The van der Waals surface area contributed by atoms with Gasteiger partial charge in [-0.15, -0.1) is 0 Å². The second kappa shape index (κ2) is 8.88. The lowest BCUT2D eigenvalue weighted by molar-refractivity contribution is 0.0503. The number of anilines is 1. The zero-order chi connectivity index (χ0) is 22.8. The van der Waals surface area contributed by atoms with Crippen molar-refractivity contribution in [3.63, 3.8) is 0 Å². The number of nitrogens with zero attached hydrogens (tertiary/aromatic N) is 2. The SMILES string of the molecule is CC1Oc2ccc(C(Cc3ccc(N(C)C)cc3)NC(=O)OC(C)(C)C)cc2N=C1N. The Morgan fingerprint density at radius 3 is 2.52 bits per heavy atom. The fourth-order valence-corrected chi connectivity index (χ4v) is 3.29. The van der Waals surface area contributed by atoms with Crippen molar-refractivity contribution in [1.29, 1.82) is 0 Å². The predicted molar refractivity (Wildman–Crippen MR) is 124 cm³/mol. The highest BCUT2D eigenvalue weighted by atomic mass is 16.6. The van der Waals surface area contributed by atoms with Gasteiger partial charge in [0.25, 0.3) is 0 Å². The van der Waals surface area contributed by atoms with E-state index in [4.69, 9.17) is 15.2 Å². The molecule has 0 aromatic heterocycles. The van der Waals surface area contributed by atoms with Crippen LogP contribution in [0.5, 0.6) is 5.75 Å². The number of carbonyl (C=O) groups excluding carboxylic acids is 1. The molecule has 7 heteroatoms. The molecule has 1 aliphatic rings. The molecule has 2 unspecified atom stereocenters. The van der Waals surface area contributed by atoms with E-state index in [-0.39, 0.29) is 12.1 Å². The molecule has 0 fully saturated rings. The van der Waals surface area contributed by atoms with Crippen molar-refractivity contribution in [2.45, 2.75) is 51.9 Å². The van der Waals surface area contributed by atoms with Gasteiger partial charge in [-0.05, 0) is 69.5 Å². The number of alkyl carbamates (subject to hydrolysis) is 1. The first-order valence-electron chi connectivity index (χ1n) is 10.4. The van der Waals surface area contributed by atoms with Crippen LogP contribution in [0.1, 0.15) is 44.9 Å². The molecule has 3 N–H and O–H groups in total. The Morgan fingerprint density at radius 2 is 1.90 bits per heavy atom. The molecule has 2 atom stereocenters. The van der Waals surface area contributed by atoms with E-state index >= 15 is 0 Å². The molecule has 31 heavy (non-hydrogen) atoms. The van der Waals surface area contributed by atoms with Crippen LogP contribution in [-0.4, -0.2) is 37.7 Å². The Hall–Kier alpha value is -3.22. The first kappa shape index (κ1) is 22.5. The zero-order valence-electron chi connectivity index (χ0n) is 19.1. The smallest absolute Gasteiger partial charge is 0.408 e. The Kier molecular flexibility index (Phi) is 6.43. The van der Waals surface area contributed by atoms with E-state index in [1.165, 1.54) is 0 Å². The number of hydrogen-bond donors (Lipinski definition) is 2. The minimum atomic E-state index is -0.583. The minimum Gasteiger partial charge on any atom is -0.481 e. The van der Waals surface area contributed by atoms with Crippen molar-refractivity contribution in [3.8, 4) is 5.75 Å². The van der Waals surface area contributed by atoms with Gasteiger partial charge in [-0.3, -0.25) is 0 Å². The molecule has 2 aromatic rings. The molecule has 0 saturated heterocycles. The molecule has 2 aromatic carbocycles. The van der Waals surface area contributed by atoms with Gasteiger partial charge in [-0.1, -0.05) is 18.2 Å². The topological polar surface area (TPSA) is 89.2 Å². The summed E-state index contributed by atoms with van der Waals surface area (Å²) in [4.78, 5) is 19.1. The fourth-order valence-electron chi connectivity index (χ4n) is 3.29. The monoisotopic (exact) mass is 424 g/mol. The van der Waals surface area contributed by atoms with Crippen molar-refractivity contribution in [1.82, 2.24) is 5.32 Å². The Balaban J connectivity index is 1.89. The van der Waals surface area contributed by atoms with Crippen LogP contribution in [0.15, 0.2) is 47.5 Å². The average molecular weight is 425 g/mol. The number of aliphatic imine (C=N–C) groups is 1. The Bertz CT molecular complexity index is 962. The number of rotatable bonds is 5. The maximum Gasteiger partial charge on any atom is 0.408 e. The molecule has 1 aliphatic heterocycles. The second-order valence-electron chi connectivity index (χ2n) is 8.99. The summed E-state index contributed by atoms with van der Waals surface area (Å²) < 4.78 is 11.3. The lowest BCUT2D eigenvalue weighted by Gasteiger charge is -2.26. The second-order valence-corrected chi connectivity index (χ2v) is 8.99. The van der Waals surface area contributed by atoms with Crippen LogP contribution in [-0.2, 0) is 11.2 Å². The van der Waals surface area contributed by atoms with Crippen LogP contribution in [0.4, 0.5) is 16.2 Å². The van der Waals surface area contributed by atoms with E-state index in [1.54, 1.807) is 0 Å².